The van der Waals surface area contributed by atoms with Crippen LogP contribution in [0.3, 0.4) is 0 Å². The van der Waals surface area contributed by atoms with Gasteiger partial charge >= 0.3 is 5.97 Å². The molecule has 0 spiro atoms. The van der Waals surface area contributed by atoms with E-state index in [1.54, 1.807) is 6.08 Å². The summed E-state index contributed by atoms with van der Waals surface area (Å²) in [5, 5.41) is 9.09. The lowest BCUT2D eigenvalue weighted by molar-refractivity contribution is -0.141. The van der Waals surface area contributed by atoms with Crippen LogP contribution < -0.4 is 5.73 Å². The molecule has 1 amide bonds. The molecular formula is C20H40NO5P. The van der Waals surface area contributed by atoms with Crippen LogP contribution in [0.4, 0.5) is 0 Å². The SMILES string of the molecule is CC.CC.CC(C)=CCC/C(C)=C/CP(=O)(O)CC(CCC(N)=O)C(=O)O. The first-order valence-electron chi connectivity index (χ1n) is 9.64. The quantitative estimate of drug-likeness (QED) is 0.331. The predicted molar refractivity (Wildman–Crippen MR) is 114 cm³/mol. The number of primary amides is 1. The van der Waals surface area contributed by atoms with E-state index < -0.39 is 25.2 Å². The van der Waals surface area contributed by atoms with Gasteiger partial charge in [0.05, 0.1) is 5.92 Å². The fourth-order valence-corrected chi connectivity index (χ4v) is 3.79. The van der Waals surface area contributed by atoms with E-state index in [4.69, 9.17) is 10.8 Å². The molecule has 2 unspecified atom stereocenters. The van der Waals surface area contributed by atoms with Gasteiger partial charge in [0.1, 0.15) is 0 Å². The van der Waals surface area contributed by atoms with E-state index in [0.717, 1.165) is 18.4 Å². The smallest absolute Gasteiger partial charge is 0.307 e. The molecule has 2 atom stereocenters. The summed E-state index contributed by atoms with van der Waals surface area (Å²) < 4.78 is 12.2. The van der Waals surface area contributed by atoms with E-state index >= 15 is 0 Å². The first-order chi connectivity index (χ1) is 12.5. The molecule has 0 aliphatic carbocycles. The van der Waals surface area contributed by atoms with Gasteiger partial charge in [0.25, 0.3) is 0 Å². The summed E-state index contributed by atoms with van der Waals surface area (Å²) in [4.78, 5) is 31.8. The fourth-order valence-electron chi connectivity index (χ4n) is 2.02. The minimum absolute atomic E-state index is 0.0154. The molecule has 7 heteroatoms. The maximum absolute atomic E-state index is 12.2. The Kier molecular flexibility index (Phi) is 20.2. The number of nitrogens with two attached hydrogens (primary N) is 1. The Morgan fingerprint density at radius 2 is 1.56 bits per heavy atom. The lowest BCUT2D eigenvalue weighted by Gasteiger charge is -2.16. The van der Waals surface area contributed by atoms with E-state index in [1.165, 1.54) is 5.57 Å². The second-order valence-electron chi connectivity index (χ2n) is 6.12. The molecule has 0 radical (unpaired) electrons. The summed E-state index contributed by atoms with van der Waals surface area (Å²) in [6, 6.07) is 0. The molecule has 4 N–H and O–H groups in total. The molecule has 27 heavy (non-hydrogen) atoms. The van der Waals surface area contributed by atoms with Crippen molar-refractivity contribution in [3.63, 3.8) is 0 Å². The van der Waals surface area contributed by atoms with Crippen molar-refractivity contribution in [3.05, 3.63) is 23.3 Å². The Labute approximate surface area is 165 Å². The molecule has 0 aromatic carbocycles. The van der Waals surface area contributed by atoms with Crippen molar-refractivity contribution < 1.29 is 24.2 Å². The van der Waals surface area contributed by atoms with E-state index in [1.807, 2.05) is 48.5 Å². The second kappa shape index (κ2) is 18.0. The monoisotopic (exact) mass is 405 g/mol. The molecule has 0 fully saturated rings. The normalized spacial score (nSPS) is 13.7. The number of amides is 1. The highest BCUT2D eigenvalue weighted by atomic mass is 31.2. The van der Waals surface area contributed by atoms with Gasteiger partial charge in [0, 0.05) is 18.7 Å². The average molecular weight is 406 g/mol. The van der Waals surface area contributed by atoms with E-state index in [2.05, 4.69) is 6.08 Å². The Hall–Kier alpha value is -1.39. The topological polar surface area (TPSA) is 118 Å². The van der Waals surface area contributed by atoms with E-state index in [9.17, 15) is 19.0 Å². The van der Waals surface area contributed by atoms with Crippen LogP contribution in [0.1, 0.15) is 74.1 Å². The molecule has 0 saturated carbocycles. The zero-order valence-corrected chi connectivity index (χ0v) is 19.0. The van der Waals surface area contributed by atoms with E-state index in [-0.39, 0.29) is 25.2 Å². The van der Waals surface area contributed by atoms with Crippen LogP contribution in [0, 0.1) is 5.92 Å². The number of rotatable bonds is 11. The van der Waals surface area contributed by atoms with E-state index in [0.29, 0.717) is 0 Å². The van der Waals surface area contributed by atoms with Gasteiger partial charge in [-0.1, -0.05) is 51.0 Å². The standard InChI is InChI=1S/C16H28NO5P.2C2H6/c1-12(2)5-4-6-13(3)9-10-23(21,22)11-14(16(19)20)7-8-15(17)18;2*1-2/h5,9,14H,4,6-8,10-11H2,1-3H3,(H2,17,18)(H,19,20)(H,21,22);2*1-2H3/b13-9+;;. The maximum Gasteiger partial charge on any atom is 0.307 e. The van der Waals surface area contributed by atoms with Crippen molar-refractivity contribution in [2.45, 2.75) is 74.1 Å². The number of carboxylic acid groups (broad SMARTS) is 1. The lowest BCUT2D eigenvalue weighted by Crippen LogP contribution is -2.21. The van der Waals surface area contributed by atoms with Gasteiger partial charge < -0.3 is 15.7 Å². The van der Waals surface area contributed by atoms with Gasteiger partial charge in [0.2, 0.25) is 13.3 Å². The molecule has 0 saturated heterocycles. The van der Waals surface area contributed by atoms with Gasteiger partial charge in [-0.05, 0) is 40.0 Å². The summed E-state index contributed by atoms with van der Waals surface area (Å²) >= 11 is 0. The highest BCUT2D eigenvalue weighted by Gasteiger charge is 2.28. The van der Waals surface area contributed by atoms with Gasteiger partial charge in [-0.2, -0.15) is 0 Å². The highest BCUT2D eigenvalue weighted by molar-refractivity contribution is 7.58. The summed E-state index contributed by atoms with van der Waals surface area (Å²) in [7, 11) is -3.59. The molecule has 0 heterocycles. The molecule has 6 nitrogen and oxygen atoms in total. The summed E-state index contributed by atoms with van der Waals surface area (Å²) in [6.45, 7) is 13.9. The molecule has 0 bridgehead atoms. The minimum Gasteiger partial charge on any atom is -0.481 e. The van der Waals surface area contributed by atoms with Crippen LogP contribution in [0.2, 0.25) is 0 Å². The Morgan fingerprint density at radius 3 is 1.96 bits per heavy atom. The fraction of sp³-hybridized carbons (Fsp3) is 0.700. The van der Waals surface area contributed by atoms with Crippen molar-refractivity contribution in [2.75, 3.05) is 12.3 Å². The van der Waals surface area contributed by atoms with Crippen molar-refractivity contribution in [2.24, 2.45) is 11.7 Å². The van der Waals surface area contributed by atoms with Gasteiger partial charge in [-0.25, -0.2) is 0 Å². The van der Waals surface area contributed by atoms with Crippen LogP contribution in [0.5, 0.6) is 0 Å². The predicted octanol–water partition coefficient (Wildman–Crippen LogP) is 4.97. The van der Waals surface area contributed by atoms with Crippen LogP contribution in [0.25, 0.3) is 0 Å². The number of carboxylic acids is 1. The molecule has 0 aromatic heterocycles. The van der Waals surface area contributed by atoms with Crippen molar-refractivity contribution in [1.29, 1.82) is 0 Å². The largest absolute Gasteiger partial charge is 0.481 e. The molecular weight excluding hydrogens is 365 g/mol. The molecule has 0 rings (SSSR count). The first-order valence-corrected chi connectivity index (χ1v) is 11.7. The molecule has 0 aliphatic heterocycles. The van der Waals surface area contributed by atoms with Crippen LogP contribution in [-0.4, -0.2) is 34.2 Å². The number of aliphatic carboxylic acids is 1. The Balaban J connectivity index is -0.00000134. The lowest BCUT2D eigenvalue weighted by atomic mass is 10.1. The van der Waals surface area contributed by atoms with Crippen molar-refractivity contribution >= 4 is 19.2 Å². The zero-order chi connectivity index (χ0) is 22.0. The Morgan fingerprint density at radius 1 is 1.04 bits per heavy atom. The maximum atomic E-state index is 12.2. The van der Waals surface area contributed by atoms with Crippen molar-refractivity contribution in [1.82, 2.24) is 0 Å². The number of allylic oxidation sites excluding steroid dienone is 4. The number of carbonyl (C=O) groups is 2. The zero-order valence-electron chi connectivity index (χ0n) is 18.1. The van der Waals surface area contributed by atoms with Gasteiger partial charge in [-0.15, -0.1) is 0 Å². The third kappa shape index (κ3) is 20.8. The summed E-state index contributed by atoms with van der Waals surface area (Å²) in [5.41, 5.74) is 7.22. The average Bonchev–Trinajstić information content (AvgIpc) is 2.59. The number of hydrogen-bond donors (Lipinski definition) is 3. The van der Waals surface area contributed by atoms with Crippen molar-refractivity contribution in [3.8, 4) is 0 Å². The summed E-state index contributed by atoms with van der Waals surface area (Å²) in [5.74, 6) is -2.82. The second-order valence-corrected chi connectivity index (χ2v) is 8.55. The molecule has 0 aliphatic rings. The first kappa shape index (κ1) is 30.3. The molecule has 160 valence electrons. The third-order valence-corrected chi connectivity index (χ3v) is 5.17. The van der Waals surface area contributed by atoms with Crippen LogP contribution in [0.15, 0.2) is 23.3 Å². The third-order valence-electron chi connectivity index (χ3n) is 3.41. The molecule has 0 aromatic rings. The van der Waals surface area contributed by atoms with Crippen LogP contribution >= 0.6 is 7.37 Å². The number of carbonyl (C=O) groups excluding carboxylic acids is 1. The highest BCUT2D eigenvalue weighted by Crippen LogP contribution is 2.43. The van der Waals surface area contributed by atoms with Crippen LogP contribution in [-0.2, 0) is 14.2 Å². The summed E-state index contributed by atoms with van der Waals surface area (Å²) in [6.07, 6.45) is 4.97. The van der Waals surface area contributed by atoms with Gasteiger partial charge in [-0.3, -0.25) is 14.2 Å². The number of hydrogen-bond acceptors (Lipinski definition) is 3. The Bertz CT molecular complexity index is 522. The van der Waals surface area contributed by atoms with Gasteiger partial charge in [0.15, 0.2) is 0 Å². The minimum atomic E-state index is -3.59.